The number of hydrogen-bond acceptors (Lipinski definition) is 5. The summed E-state index contributed by atoms with van der Waals surface area (Å²) >= 11 is 0. The van der Waals surface area contributed by atoms with Gasteiger partial charge < -0.3 is 0 Å². The standard InChI is InChI=1S/C12H9ClN4O2S/c1-17-11(15-16-12(17)20(13,18)19)9-6-2-4-8-5-3-7-14-10(8)9/h2-7H,1H3. The van der Waals surface area contributed by atoms with Gasteiger partial charge in [-0.25, -0.2) is 8.42 Å². The molecule has 2 heterocycles. The summed E-state index contributed by atoms with van der Waals surface area (Å²) in [5.74, 6) is 0.397. The Labute approximate surface area is 119 Å². The van der Waals surface area contributed by atoms with Gasteiger partial charge in [0.1, 0.15) is 0 Å². The number of para-hydroxylation sites is 1. The van der Waals surface area contributed by atoms with Crippen LogP contribution in [0.1, 0.15) is 0 Å². The molecule has 6 nitrogen and oxygen atoms in total. The second kappa shape index (κ2) is 4.53. The number of halogens is 1. The van der Waals surface area contributed by atoms with E-state index in [4.69, 9.17) is 10.7 Å². The molecular weight excluding hydrogens is 300 g/mol. The van der Waals surface area contributed by atoms with Crippen molar-refractivity contribution in [2.75, 3.05) is 0 Å². The van der Waals surface area contributed by atoms with Crippen LogP contribution in [-0.2, 0) is 16.1 Å². The van der Waals surface area contributed by atoms with Gasteiger partial charge in [0.2, 0.25) is 0 Å². The van der Waals surface area contributed by atoms with Crippen LogP contribution in [0.3, 0.4) is 0 Å². The van der Waals surface area contributed by atoms with Gasteiger partial charge >= 0.3 is 0 Å². The van der Waals surface area contributed by atoms with Crippen LogP contribution >= 0.6 is 10.7 Å². The number of nitrogens with zero attached hydrogens (tertiary/aromatic N) is 4. The summed E-state index contributed by atoms with van der Waals surface area (Å²) in [6, 6.07) is 9.33. The Bertz CT molecular complexity index is 899. The fourth-order valence-electron chi connectivity index (χ4n) is 2.05. The van der Waals surface area contributed by atoms with Crippen molar-refractivity contribution in [1.29, 1.82) is 0 Å². The molecule has 0 N–H and O–H groups in total. The van der Waals surface area contributed by atoms with E-state index in [9.17, 15) is 8.42 Å². The van der Waals surface area contributed by atoms with Gasteiger partial charge in [-0.05, 0) is 12.1 Å². The van der Waals surface area contributed by atoms with Crippen LogP contribution in [0.25, 0.3) is 22.3 Å². The van der Waals surface area contributed by atoms with E-state index < -0.39 is 9.05 Å². The van der Waals surface area contributed by atoms with Crippen molar-refractivity contribution in [2.45, 2.75) is 5.16 Å². The van der Waals surface area contributed by atoms with Gasteiger partial charge in [0.15, 0.2) is 5.82 Å². The molecule has 0 atom stereocenters. The fraction of sp³-hybridized carbons (Fsp3) is 0.0833. The molecule has 0 aliphatic carbocycles. The third kappa shape index (κ3) is 2.04. The van der Waals surface area contributed by atoms with E-state index in [1.54, 1.807) is 13.2 Å². The van der Waals surface area contributed by atoms with Gasteiger partial charge in [-0.1, -0.05) is 18.2 Å². The third-order valence-electron chi connectivity index (χ3n) is 2.93. The molecule has 0 radical (unpaired) electrons. The molecule has 3 aromatic rings. The lowest BCUT2D eigenvalue weighted by Crippen LogP contribution is -2.03. The molecule has 1 aromatic carbocycles. The molecule has 0 aliphatic rings. The highest BCUT2D eigenvalue weighted by atomic mass is 35.7. The van der Waals surface area contributed by atoms with Crippen molar-refractivity contribution >= 4 is 30.6 Å². The van der Waals surface area contributed by atoms with E-state index in [-0.39, 0.29) is 5.16 Å². The summed E-state index contributed by atoms with van der Waals surface area (Å²) in [6.07, 6.45) is 1.67. The van der Waals surface area contributed by atoms with Gasteiger partial charge in [-0.3, -0.25) is 9.55 Å². The molecule has 0 spiro atoms. The summed E-state index contributed by atoms with van der Waals surface area (Å²) in [6.45, 7) is 0. The van der Waals surface area contributed by atoms with Crippen LogP contribution in [-0.4, -0.2) is 28.2 Å². The van der Waals surface area contributed by atoms with E-state index in [1.807, 2.05) is 30.3 Å². The van der Waals surface area contributed by atoms with Crippen molar-refractivity contribution in [1.82, 2.24) is 19.7 Å². The molecule has 0 bridgehead atoms. The molecule has 102 valence electrons. The van der Waals surface area contributed by atoms with Gasteiger partial charge in [-0.15, -0.1) is 10.2 Å². The summed E-state index contributed by atoms with van der Waals surface area (Å²) < 4.78 is 24.1. The first-order chi connectivity index (χ1) is 9.48. The molecular formula is C12H9ClN4O2S. The zero-order valence-electron chi connectivity index (χ0n) is 10.4. The predicted molar refractivity (Wildman–Crippen MR) is 74.8 cm³/mol. The average Bonchev–Trinajstić information content (AvgIpc) is 2.80. The van der Waals surface area contributed by atoms with Crippen LogP contribution in [0.5, 0.6) is 0 Å². The Morgan fingerprint density at radius 1 is 1.15 bits per heavy atom. The van der Waals surface area contributed by atoms with Crippen LogP contribution in [0.15, 0.2) is 41.7 Å². The Hall–Kier alpha value is -1.99. The van der Waals surface area contributed by atoms with Crippen molar-refractivity contribution in [3.63, 3.8) is 0 Å². The van der Waals surface area contributed by atoms with Crippen LogP contribution in [0.4, 0.5) is 0 Å². The first kappa shape index (κ1) is 13.0. The van der Waals surface area contributed by atoms with Crippen LogP contribution in [0, 0.1) is 0 Å². The maximum Gasteiger partial charge on any atom is 0.296 e. The minimum Gasteiger partial charge on any atom is -0.300 e. The number of benzene rings is 1. The maximum atomic E-state index is 11.4. The molecule has 0 amide bonds. The van der Waals surface area contributed by atoms with Gasteiger partial charge in [0.25, 0.3) is 14.2 Å². The monoisotopic (exact) mass is 308 g/mol. The highest BCUT2D eigenvalue weighted by molar-refractivity contribution is 8.13. The SMILES string of the molecule is Cn1c(-c2cccc3cccnc23)nnc1S(=O)(=O)Cl. The normalized spacial score (nSPS) is 11.9. The molecule has 0 saturated carbocycles. The highest BCUT2D eigenvalue weighted by Gasteiger charge is 2.22. The Morgan fingerprint density at radius 2 is 1.90 bits per heavy atom. The molecule has 0 unspecified atom stereocenters. The topological polar surface area (TPSA) is 77.7 Å². The molecule has 2 aromatic heterocycles. The number of pyridine rings is 1. The minimum absolute atomic E-state index is 0.290. The van der Waals surface area contributed by atoms with Gasteiger partial charge in [0.05, 0.1) is 5.52 Å². The van der Waals surface area contributed by atoms with E-state index in [0.717, 1.165) is 10.9 Å². The number of aromatic nitrogens is 4. The zero-order valence-corrected chi connectivity index (χ0v) is 11.9. The third-order valence-corrected chi connectivity index (χ3v) is 4.13. The van der Waals surface area contributed by atoms with Crippen molar-refractivity contribution in [3.8, 4) is 11.4 Å². The van der Waals surface area contributed by atoms with Crippen molar-refractivity contribution in [3.05, 3.63) is 36.5 Å². The minimum atomic E-state index is -3.93. The molecule has 0 fully saturated rings. The number of hydrogen-bond donors (Lipinski definition) is 0. The Kier molecular flexibility index (Phi) is 2.95. The summed E-state index contributed by atoms with van der Waals surface area (Å²) in [5.41, 5.74) is 1.42. The summed E-state index contributed by atoms with van der Waals surface area (Å²) in [7, 11) is 2.93. The first-order valence-electron chi connectivity index (χ1n) is 5.66. The van der Waals surface area contributed by atoms with Crippen LogP contribution < -0.4 is 0 Å². The molecule has 0 saturated heterocycles. The van der Waals surface area contributed by atoms with Crippen molar-refractivity contribution < 1.29 is 8.42 Å². The second-order valence-corrected chi connectivity index (χ2v) is 6.64. The number of fused-ring (bicyclic) bond motifs is 1. The molecule has 3 rings (SSSR count). The van der Waals surface area contributed by atoms with Gasteiger partial charge in [0, 0.05) is 34.9 Å². The van der Waals surface area contributed by atoms with E-state index in [2.05, 4.69) is 15.2 Å². The lowest BCUT2D eigenvalue weighted by molar-refractivity contribution is 0.593. The highest BCUT2D eigenvalue weighted by Crippen LogP contribution is 2.26. The van der Waals surface area contributed by atoms with E-state index in [1.165, 1.54) is 4.57 Å². The lowest BCUT2D eigenvalue weighted by atomic mass is 10.1. The summed E-state index contributed by atoms with van der Waals surface area (Å²) in [4.78, 5) is 4.31. The van der Waals surface area contributed by atoms with Crippen LogP contribution in [0.2, 0.25) is 0 Å². The molecule has 20 heavy (non-hydrogen) atoms. The second-order valence-electron chi connectivity index (χ2n) is 4.18. The zero-order chi connectivity index (χ0) is 14.3. The Balaban J connectivity index is 2.30. The Morgan fingerprint density at radius 3 is 2.60 bits per heavy atom. The van der Waals surface area contributed by atoms with E-state index in [0.29, 0.717) is 11.4 Å². The maximum absolute atomic E-state index is 11.4. The smallest absolute Gasteiger partial charge is 0.296 e. The van der Waals surface area contributed by atoms with E-state index >= 15 is 0 Å². The predicted octanol–water partition coefficient (Wildman–Crippen LogP) is 1.96. The summed E-state index contributed by atoms with van der Waals surface area (Å²) in [5, 5.41) is 8.19. The quantitative estimate of drug-likeness (QED) is 0.676. The van der Waals surface area contributed by atoms with Crippen molar-refractivity contribution in [2.24, 2.45) is 7.05 Å². The largest absolute Gasteiger partial charge is 0.300 e. The fourth-order valence-corrected chi connectivity index (χ4v) is 3.00. The number of rotatable bonds is 2. The lowest BCUT2D eigenvalue weighted by Gasteiger charge is -2.05. The molecule has 0 aliphatic heterocycles. The van der Waals surface area contributed by atoms with Gasteiger partial charge in [-0.2, -0.15) is 0 Å². The molecule has 8 heteroatoms. The average molecular weight is 309 g/mol. The first-order valence-corrected chi connectivity index (χ1v) is 7.97.